The molecule has 8 nitrogen and oxygen atoms in total. The summed E-state index contributed by atoms with van der Waals surface area (Å²) in [6, 6.07) is 7.35. The number of nitrogens with zero attached hydrogens (tertiary/aromatic N) is 2. The zero-order valence-electron chi connectivity index (χ0n) is 15.0. The van der Waals surface area contributed by atoms with Gasteiger partial charge in [0, 0.05) is 30.9 Å². The fourth-order valence-corrected chi connectivity index (χ4v) is 3.38. The van der Waals surface area contributed by atoms with Crippen LogP contribution >= 0.6 is 23.2 Å². The molecule has 1 aliphatic heterocycles. The second-order valence-electron chi connectivity index (χ2n) is 6.26. The highest BCUT2D eigenvalue weighted by Crippen LogP contribution is 2.37. The Hall–Kier alpha value is -2.86. The molecule has 0 unspecified atom stereocenters. The van der Waals surface area contributed by atoms with E-state index < -0.39 is 10.8 Å². The van der Waals surface area contributed by atoms with Gasteiger partial charge in [0.25, 0.3) is 11.6 Å². The predicted molar refractivity (Wildman–Crippen MR) is 106 cm³/mol. The first kappa shape index (κ1) is 20.9. The van der Waals surface area contributed by atoms with Gasteiger partial charge in [-0.3, -0.25) is 14.9 Å². The lowest BCUT2D eigenvalue weighted by Gasteiger charge is -2.09. The lowest BCUT2D eigenvalue weighted by Crippen LogP contribution is -2.32. The van der Waals surface area contributed by atoms with Gasteiger partial charge in [-0.2, -0.15) is 5.26 Å². The maximum atomic E-state index is 12.2. The van der Waals surface area contributed by atoms with Crippen LogP contribution in [0.5, 0.6) is 0 Å². The number of amides is 1. The first-order chi connectivity index (χ1) is 13.9. The van der Waals surface area contributed by atoms with Crippen LogP contribution in [0.15, 0.2) is 34.3 Å². The van der Waals surface area contributed by atoms with Crippen molar-refractivity contribution < 1.29 is 18.9 Å². The number of nitriles is 1. The van der Waals surface area contributed by atoms with Gasteiger partial charge in [0.1, 0.15) is 28.2 Å². The molecule has 29 heavy (non-hydrogen) atoms. The standard InChI is InChI=1S/C19H15Cl2N3O5/c20-15-8-16(21)17(24(26)27)7-14(15)18-4-3-12(29-18)6-11(9-22)19(25)23-10-13-2-1-5-28-13/h3-4,6-8,13H,1-2,5,10H2,(H,23,25)/b11-6+/t13-/m1/s1. The Labute approximate surface area is 175 Å². The van der Waals surface area contributed by atoms with E-state index in [2.05, 4.69) is 5.32 Å². The first-order valence-electron chi connectivity index (χ1n) is 8.64. The minimum absolute atomic E-state index is 0.0445. The lowest BCUT2D eigenvalue weighted by molar-refractivity contribution is -0.384. The third kappa shape index (κ3) is 4.95. The first-order valence-corrected chi connectivity index (χ1v) is 9.40. The third-order valence-electron chi connectivity index (χ3n) is 4.29. The van der Waals surface area contributed by atoms with Crippen molar-refractivity contribution >= 4 is 40.9 Å². The number of carbonyl (C=O) groups excluding carboxylic acids is 1. The molecule has 0 radical (unpaired) electrons. The van der Waals surface area contributed by atoms with Gasteiger partial charge >= 0.3 is 0 Å². The topological polar surface area (TPSA) is 118 Å². The van der Waals surface area contributed by atoms with Crippen LogP contribution in [-0.2, 0) is 9.53 Å². The molecule has 2 heterocycles. The molecule has 1 fully saturated rings. The summed E-state index contributed by atoms with van der Waals surface area (Å²) in [7, 11) is 0. The number of ether oxygens (including phenoxy) is 1. The minimum atomic E-state index is -0.627. The van der Waals surface area contributed by atoms with E-state index in [4.69, 9.17) is 32.4 Å². The van der Waals surface area contributed by atoms with E-state index in [1.807, 2.05) is 6.07 Å². The summed E-state index contributed by atoms with van der Waals surface area (Å²) < 4.78 is 11.0. The van der Waals surface area contributed by atoms with Crippen molar-refractivity contribution in [2.45, 2.75) is 18.9 Å². The summed E-state index contributed by atoms with van der Waals surface area (Å²) in [5, 5.41) is 23.1. The van der Waals surface area contributed by atoms with E-state index >= 15 is 0 Å². The zero-order chi connectivity index (χ0) is 21.0. The highest BCUT2D eigenvalue weighted by Gasteiger charge is 2.20. The number of nitro groups is 1. The van der Waals surface area contributed by atoms with Crippen molar-refractivity contribution in [1.82, 2.24) is 5.32 Å². The Morgan fingerprint density at radius 1 is 1.38 bits per heavy atom. The molecule has 1 N–H and O–H groups in total. The molecule has 3 rings (SSSR count). The van der Waals surface area contributed by atoms with Crippen LogP contribution in [0.25, 0.3) is 17.4 Å². The molecule has 10 heteroatoms. The van der Waals surface area contributed by atoms with E-state index in [1.54, 1.807) is 0 Å². The molecule has 1 aromatic carbocycles. The van der Waals surface area contributed by atoms with Gasteiger partial charge in [0.15, 0.2) is 0 Å². The van der Waals surface area contributed by atoms with Crippen LogP contribution in [-0.4, -0.2) is 30.1 Å². The lowest BCUT2D eigenvalue weighted by atomic mass is 10.1. The highest BCUT2D eigenvalue weighted by molar-refractivity contribution is 6.37. The number of furan rings is 1. The normalized spacial score (nSPS) is 16.4. The Kier molecular flexibility index (Phi) is 6.54. The van der Waals surface area contributed by atoms with Crippen molar-refractivity contribution in [2.24, 2.45) is 0 Å². The molecule has 1 amide bonds. The molecular formula is C19H15Cl2N3O5. The monoisotopic (exact) mass is 435 g/mol. The maximum absolute atomic E-state index is 12.2. The molecule has 0 saturated carbocycles. The Morgan fingerprint density at radius 2 is 2.17 bits per heavy atom. The molecule has 0 spiro atoms. The summed E-state index contributed by atoms with van der Waals surface area (Å²) in [6.45, 7) is 0.993. The largest absolute Gasteiger partial charge is 0.457 e. The van der Waals surface area contributed by atoms with E-state index in [1.165, 1.54) is 30.3 Å². The van der Waals surface area contributed by atoms with E-state index in [0.29, 0.717) is 13.2 Å². The minimum Gasteiger partial charge on any atom is -0.457 e. The average molecular weight is 436 g/mol. The average Bonchev–Trinajstić information content (AvgIpc) is 3.36. The number of halogens is 2. The number of carbonyl (C=O) groups is 1. The van der Waals surface area contributed by atoms with Crippen LogP contribution in [0.4, 0.5) is 5.69 Å². The van der Waals surface area contributed by atoms with Crippen LogP contribution < -0.4 is 5.32 Å². The van der Waals surface area contributed by atoms with Crippen molar-refractivity contribution in [2.75, 3.05) is 13.2 Å². The Balaban J connectivity index is 1.79. The van der Waals surface area contributed by atoms with Gasteiger partial charge in [0.2, 0.25) is 0 Å². The van der Waals surface area contributed by atoms with E-state index in [-0.39, 0.29) is 44.5 Å². The number of hydrogen-bond donors (Lipinski definition) is 1. The second-order valence-corrected chi connectivity index (χ2v) is 7.07. The third-order valence-corrected chi connectivity index (χ3v) is 4.91. The summed E-state index contributed by atoms with van der Waals surface area (Å²) in [5.74, 6) is -0.0864. The zero-order valence-corrected chi connectivity index (χ0v) is 16.5. The number of benzene rings is 1. The van der Waals surface area contributed by atoms with Crippen LogP contribution in [0.1, 0.15) is 18.6 Å². The van der Waals surface area contributed by atoms with Crippen molar-refractivity contribution in [3.05, 3.63) is 55.8 Å². The molecule has 1 aromatic heterocycles. The summed E-state index contributed by atoms with van der Waals surface area (Å²) in [5.41, 5.74) is -0.188. The van der Waals surface area contributed by atoms with Gasteiger partial charge in [0.05, 0.1) is 16.0 Å². The molecule has 150 valence electrons. The summed E-state index contributed by atoms with van der Waals surface area (Å²) >= 11 is 12.0. The SMILES string of the molecule is N#C/C(=C\c1ccc(-c2cc([N+](=O)[O-])c(Cl)cc2Cl)o1)C(=O)NC[C@H]1CCCO1. The van der Waals surface area contributed by atoms with Gasteiger partial charge in [-0.15, -0.1) is 0 Å². The number of rotatable bonds is 6. The van der Waals surface area contributed by atoms with E-state index in [9.17, 15) is 20.2 Å². The molecule has 0 aliphatic carbocycles. The van der Waals surface area contributed by atoms with Crippen LogP contribution in [0.2, 0.25) is 10.0 Å². The fourth-order valence-electron chi connectivity index (χ4n) is 2.84. The molecule has 0 bridgehead atoms. The Bertz CT molecular complexity index is 1020. The second kappa shape index (κ2) is 9.09. The number of nitrogens with one attached hydrogen (secondary N) is 1. The van der Waals surface area contributed by atoms with Crippen LogP contribution in [0.3, 0.4) is 0 Å². The Morgan fingerprint density at radius 3 is 2.83 bits per heavy atom. The molecular weight excluding hydrogens is 421 g/mol. The quantitative estimate of drug-likeness (QED) is 0.311. The molecule has 2 aromatic rings. The van der Waals surface area contributed by atoms with Gasteiger partial charge < -0.3 is 14.5 Å². The van der Waals surface area contributed by atoms with E-state index in [0.717, 1.165) is 12.8 Å². The van der Waals surface area contributed by atoms with Gasteiger partial charge in [-0.1, -0.05) is 23.2 Å². The smallest absolute Gasteiger partial charge is 0.288 e. The molecule has 1 saturated heterocycles. The van der Waals surface area contributed by atoms with Gasteiger partial charge in [-0.25, -0.2) is 0 Å². The molecule has 1 aliphatic rings. The predicted octanol–water partition coefficient (Wildman–Crippen LogP) is 4.36. The number of hydrogen-bond acceptors (Lipinski definition) is 6. The van der Waals surface area contributed by atoms with Crippen LogP contribution in [0, 0.1) is 21.4 Å². The van der Waals surface area contributed by atoms with Gasteiger partial charge in [-0.05, 0) is 31.0 Å². The molecule has 1 atom stereocenters. The summed E-state index contributed by atoms with van der Waals surface area (Å²) in [4.78, 5) is 22.7. The van der Waals surface area contributed by atoms with Crippen molar-refractivity contribution in [3.8, 4) is 17.4 Å². The van der Waals surface area contributed by atoms with Crippen molar-refractivity contribution in [1.29, 1.82) is 5.26 Å². The maximum Gasteiger partial charge on any atom is 0.288 e. The number of nitro benzene ring substituents is 1. The fraction of sp³-hybridized carbons (Fsp3) is 0.263. The highest BCUT2D eigenvalue weighted by atomic mass is 35.5. The van der Waals surface area contributed by atoms with Crippen molar-refractivity contribution in [3.63, 3.8) is 0 Å². The summed E-state index contributed by atoms with van der Waals surface area (Å²) in [6.07, 6.45) is 3.05.